The molecule has 0 aromatic heterocycles. The fraction of sp³-hybridized carbons (Fsp3) is 1.00. The molecule has 0 radical (unpaired) electrons. The van der Waals surface area contributed by atoms with Crippen molar-refractivity contribution in [3.8, 4) is 0 Å². The Kier molecular flexibility index (Phi) is 5.30. The molecule has 0 aromatic rings. The lowest BCUT2D eigenvalue weighted by Crippen LogP contribution is -2.49. The highest BCUT2D eigenvalue weighted by atomic mass is 15.2. The maximum atomic E-state index is 6.04. The fourth-order valence-electron chi connectivity index (χ4n) is 4.37. The second kappa shape index (κ2) is 6.58. The highest BCUT2D eigenvalue weighted by molar-refractivity contribution is 4.88. The van der Waals surface area contributed by atoms with Gasteiger partial charge >= 0.3 is 0 Å². The highest BCUT2D eigenvalue weighted by Gasteiger charge is 2.34. The largest absolute Gasteiger partial charge is 0.330 e. The lowest BCUT2D eigenvalue weighted by molar-refractivity contribution is 0.0435. The van der Waals surface area contributed by atoms with Crippen LogP contribution in [0.15, 0.2) is 0 Å². The van der Waals surface area contributed by atoms with E-state index in [9.17, 15) is 0 Å². The van der Waals surface area contributed by atoms with Crippen LogP contribution < -0.4 is 5.73 Å². The van der Waals surface area contributed by atoms with E-state index in [-0.39, 0.29) is 0 Å². The topological polar surface area (TPSA) is 29.3 Å². The van der Waals surface area contributed by atoms with E-state index in [1.165, 1.54) is 58.0 Å². The SMILES string of the molecule is CC(C)(C)CC(CN)CN1CCCC2CCCCC21. The summed E-state index contributed by atoms with van der Waals surface area (Å²) >= 11 is 0. The summed E-state index contributed by atoms with van der Waals surface area (Å²) in [5.74, 6) is 1.68. The molecule has 2 heteroatoms. The van der Waals surface area contributed by atoms with Crippen LogP contribution in [0.3, 0.4) is 0 Å². The molecule has 0 bridgehead atoms. The Hall–Kier alpha value is -0.0800. The summed E-state index contributed by atoms with van der Waals surface area (Å²) in [4.78, 5) is 2.80. The maximum Gasteiger partial charge on any atom is 0.0124 e. The number of hydrogen-bond acceptors (Lipinski definition) is 2. The lowest BCUT2D eigenvalue weighted by atomic mass is 9.77. The van der Waals surface area contributed by atoms with Crippen LogP contribution >= 0.6 is 0 Å². The zero-order valence-electron chi connectivity index (χ0n) is 13.3. The average Bonchev–Trinajstić information content (AvgIpc) is 2.37. The first kappa shape index (κ1) is 15.3. The van der Waals surface area contributed by atoms with Gasteiger partial charge in [-0.25, -0.2) is 0 Å². The molecule has 2 nitrogen and oxygen atoms in total. The number of rotatable bonds is 4. The number of piperidine rings is 1. The van der Waals surface area contributed by atoms with Crippen molar-refractivity contribution in [2.24, 2.45) is 23.0 Å². The molecule has 19 heavy (non-hydrogen) atoms. The molecular formula is C17H34N2. The van der Waals surface area contributed by atoms with Crippen LogP contribution in [0.2, 0.25) is 0 Å². The Morgan fingerprint density at radius 3 is 2.47 bits per heavy atom. The molecule has 112 valence electrons. The summed E-state index contributed by atoms with van der Waals surface area (Å²) in [5.41, 5.74) is 6.45. The van der Waals surface area contributed by atoms with Crippen molar-refractivity contribution >= 4 is 0 Å². The van der Waals surface area contributed by atoms with Gasteiger partial charge in [0.05, 0.1) is 0 Å². The Labute approximate surface area is 120 Å². The van der Waals surface area contributed by atoms with E-state index in [1.807, 2.05) is 0 Å². The van der Waals surface area contributed by atoms with Crippen molar-refractivity contribution in [1.82, 2.24) is 4.90 Å². The van der Waals surface area contributed by atoms with Gasteiger partial charge in [0.25, 0.3) is 0 Å². The normalized spacial score (nSPS) is 30.9. The maximum absolute atomic E-state index is 6.04. The molecule has 1 aliphatic carbocycles. The van der Waals surface area contributed by atoms with Gasteiger partial charge in [0, 0.05) is 12.6 Å². The summed E-state index contributed by atoms with van der Waals surface area (Å²) in [6.45, 7) is 10.4. The first-order valence-electron chi connectivity index (χ1n) is 8.44. The van der Waals surface area contributed by atoms with E-state index in [0.29, 0.717) is 11.3 Å². The Morgan fingerprint density at radius 1 is 1.11 bits per heavy atom. The number of nitrogens with two attached hydrogens (primary N) is 1. The second-order valence-electron chi connectivity index (χ2n) is 8.12. The summed E-state index contributed by atoms with van der Waals surface area (Å²) < 4.78 is 0. The molecule has 2 fully saturated rings. The van der Waals surface area contributed by atoms with E-state index in [0.717, 1.165) is 18.5 Å². The first-order valence-corrected chi connectivity index (χ1v) is 8.44. The monoisotopic (exact) mass is 266 g/mol. The van der Waals surface area contributed by atoms with Gasteiger partial charge in [-0.15, -0.1) is 0 Å². The third kappa shape index (κ3) is 4.46. The highest BCUT2D eigenvalue weighted by Crippen LogP contribution is 2.36. The van der Waals surface area contributed by atoms with Crippen LogP contribution in [0.4, 0.5) is 0 Å². The predicted molar refractivity (Wildman–Crippen MR) is 83.2 cm³/mol. The van der Waals surface area contributed by atoms with Crippen LogP contribution in [-0.2, 0) is 0 Å². The number of likely N-dealkylation sites (tertiary alicyclic amines) is 1. The number of nitrogens with zero attached hydrogens (tertiary/aromatic N) is 1. The van der Waals surface area contributed by atoms with Crippen LogP contribution in [0.25, 0.3) is 0 Å². The molecule has 1 heterocycles. The predicted octanol–water partition coefficient (Wildman–Crippen LogP) is 3.65. The van der Waals surface area contributed by atoms with Gasteiger partial charge in [0.2, 0.25) is 0 Å². The van der Waals surface area contributed by atoms with Crippen molar-refractivity contribution in [2.45, 2.75) is 71.8 Å². The van der Waals surface area contributed by atoms with Crippen LogP contribution in [-0.4, -0.2) is 30.6 Å². The molecule has 2 N–H and O–H groups in total. The van der Waals surface area contributed by atoms with Gasteiger partial charge in [0.15, 0.2) is 0 Å². The van der Waals surface area contributed by atoms with E-state index in [2.05, 4.69) is 25.7 Å². The Balaban J connectivity index is 1.92. The van der Waals surface area contributed by atoms with Crippen LogP contribution in [0, 0.1) is 17.3 Å². The molecule has 1 saturated heterocycles. The molecule has 1 saturated carbocycles. The van der Waals surface area contributed by atoms with Crippen LogP contribution in [0.1, 0.15) is 65.7 Å². The van der Waals surface area contributed by atoms with Crippen molar-refractivity contribution < 1.29 is 0 Å². The molecule has 3 atom stereocenters. The van der Waals surface area contributed by atoms with E-state index in [1.54, 1.807) is 0 Å². The quantitative estimate of drug-likeness (QED) is 0.841. The van der Waals surface area contributed by atoms with E-state index in [4.69, 9.17) is 5.73 Å². The zero-order valence-corrected chi connectivity index (χ0v) is 13.3. The van der Waals surface area contributed by atoms with Crippen molar-refractivity contribution in [2.75, 3.05) is 19.6 Å². The minimum Gasteiger partial charge on any atom is -0.330 e. The van der Waals surface area contributed by atoms with Gasteiger partial charge in [0.1, 0.15) is 0 Å². The third-order valence-corrected chi connectivity index (χ3v) is 5.09. The van der Waals surface area contributed by atoms with Gasteiger partial charge in [-0.2, -0.15) is 0 Å². The smallest absolute Gasteiger partial charge is 0.0124 e. The van der Waals surface area contributed by atoms with Gasteiger partial charge in [-0.1, -0.05) is 33.6 Å². The molecule has 0 amide bonds. The van der Waals surface area contributed by atoms with Gasteiger partial charge < -0.3 is 5.73 Å². The van der Waals surface area contributed by atoms with E-state index >= 15 is 0 Å². The summed E-state index contributed by atoms with van der Waals surface area (Å²) in [5, 5.41) is 0. The van der Waals surface area contributed by atoms with Gasteiger partial charge in [-0.05, 0) is 62.4 Å². The summed E-state index contributed by atoms with van der Waals surface area (Å²) in [6, 6.07) is 0.886. The fourth-order valence-corrected chi connectivity index (χ4v) is 4.37. The minimum absolute atomic E-state index is 0.409. The average molecular weight is 266 g/mol. The summed E-state index contributed by atoms with van der Waals surface area (Å²) in [7, 11) is 0. The molecule has 0 spiro atoms. The van der Waals surface area contributed by atoms with Crippen molar-refractivity contribution in [1.29, 1.82) is 0 Å². The standard InChI is InChI=1S/C17H34N2/c1-17(2,3)11-14(12-18)13-19-10-6-8-15-7-4-5-9-16(15)19/h14-16H,4-13,18H2,1-3H3. The lowest BCUT2D eigenvalue weighted by Gasteiger charge is -2.45. The van der Waals surface area contributed by atoms with Crippen LogP contribution in [0.5, 0.6) is 0 Å². The molecular weight excluding hydrogens is 232 g/mol. The van der Waals surface area contributed by atoms with Crippen molar-refractivity contribution in [3.05, 3.63) is 0 Å². The second-order valence-corrected chi connectivity index (χ2v) is 8.12. The zero-order chi connectivity index (χ0) is 13.9. The molecule has 2 aliphatic rings. The van der Waals surface area contributed by atoms with Crippen molar-refractivity contribution in [3.63, 3.8) is 0 Å². The third-order valence-electron chi connectivity index (χ3n) is 5.09. The minimum atomic E-state index is 0.409. The molecule has 2 rings (SSSR count). The molecule has 1 aliphatic heterocycles. The number of hydrogen-bond donors (Lipinski definition) is 1. The Bertz CT molecular complexity index is 267. The first-order chi connectivity index (χ1) is 8.99. The van der Waals surface area contributed by atoms with E-state index < -0.39 is 0 Å². The molecule has 3 unspecified atom stereocenters. The molecule has 0 aromatic carbocycles. The summed E-state index contributed by atoms with van der Waals surface area (Å²) in [6.07, 6.45) is 9.99. The number of fused-ring (bicyclic) bond motifs is 1. The Morgan fingerprint density at radius 2 is 1.79 bits per heavy atom. The van der Waals surface area contributed by atoms with Gasteiger partial charge in [-0.3, -0.25) is 4.90 Å².